The summed E-state index contributed by atoms with van der Waals surface area (Å²) in [6.07, 6.45) is 4.58. The van der Waals surface area contributed by atoms with E-state index in [0.717, 1.165) is 12.8 Å². The summed E-state index contributed by atoms with van der Waals surface area (Å²) in [5.74, 6) is -0.858. The van der Waals surface area contributed by atoms with Gasteiger partial charge in [-0.3, -0.25) is 4.79 Å². The fraction of sp³-hybridized carbons (Fsp3) is 0.917. The Hall–Kier alpha value is -0.610. The Morgan fingerprint density at radius 3 is 2.50 bits per heavy atom. The first-order valence-electron chi connectivity index (χ1n) is 6.13. The smallest absolute Gasteiger partial charge is 0.326 e. The molecule has 0 aromatic carbocycles. The highest BCUT2D eigenvalue weighted by molar-refractivity contribution is 5.78. The van der Waals surface area contributed by atoms with Gasteiger partial charge in [0.1, 0.15) is 5.54 Å². The lowest BCUT2D eigenvalue weighted by atomic mass is 10.0. The van der Waals surface area contributed by atoms with E-state index in [4.69, 9.17) is 9.84 Å². The standard InChI is InChI=1S/C12H25NO3/c1-4-6-7-8-9-16-10-12(3,11(14)15)13-5-2/h13H,4-10H2,1-3H3,(H,14,15). The fourth-order valence-electron chi connectivity index (χ4n) is 1.49. The minimum atomic E-state index is -0.959. The summed E-state index contributed by atoms with van der Waals surface area (Å²) in [5, 5.41) is 12.0. The maximum absolute atomic E-state index is 11.0. The van der Waals surface area contributed by atoms with Crippen molar-refractivity contribution >= 4 is 5.97 Å². The van der Waals surface area contributed by atoms with Crippen LogP contribution in [0, 0.1) is 0 Å². The second kappa shape index (κ2) is 8.53. The van der Waals surface area contributed by atoms with E-state index in [1.54, 1.807) is 6.92 Å². The molecule has 4 nitrogen and oxygen atoms in total. The Bertz CT molecular complexity index is 197. The van der Waals surface area contributed by atoms with Crippen LogP contribution in [0.5, 0.6) is 0 Å². The molecule has 0 fully saturated rings. The number of ether oxygens (including phenoxy) is 1. The molecule has 4 heteroatoms. The van der Waals surface area contributed by atoms with E-state index in [-0.39, 0.29) is 6.61 Å². The zero-order valence-corrected chi connectivity index (χ0v) is 10.7. The zero-order valence-electron chi connectivity index (χ0n) is 10.7. The third kappa shape index (κ3) is 6.08. The third-order valence-electron chi connectivity index (χ3n) is 2.57. The fourth-order valence-corrected chi connectivity index (χ4v) is 1.49. The van der Waals surface area contributed by atoms with Crippen LogP contribution >= 0.6 is 0 Å². The topological polar surface area (TPSA) is 58.6 Å². The minimum absolute atomic E-state index is 0.225. The number of rotatable bonds is 10. The van der Waals surface area contributed by atoms with Crippen molar-refractivity contribution in [2.75, 3.05) is 19.8 Å². The quantitative estimate of drug-likeness (QED) is 0.565. The van der Waals surface area contributed by atoms with Crippen LogP contribution in [-0.4, -0.2) is 36.4 Å². The maximum Gasteiger partial charge on any atom is 0.326 e. The number of hydrogen-bond acceptors (Lipinski definition) is 3. The van der Waals surface area contributed by atoms with Crippen molar-refractivity contribution in [2.24, 2.45) is 0 Å². The van der Waals surface area contributed by atoms with Crippen molar-refractivity contribution in [3.63, 3.8) is 0 Å². The van der Waals surface area contributed by atoms with E-state index < -0.39 is 11.5 Å². The number of carboxylic acids is 1. The van der Waals surface area contributed by atoms with E-state index in [1.165, 1.54) is 12.8 Å². The predicted octanol–water partition coefficient (Wildman–Crippen LogP) is 2.04. The van der Waals surface area contributed by atoms with Crippen LogP contribution in [0.2, 0.25) is 0 Å². The Kier molecular flexibility index (Phi) is 8.21. The van der Waals surface area contributed by atoms with Gasteiger partial charge in [0, 0.05) is 6.61 Å². The van der Waals surface area contributed by atoms with Crippen LogP contribution in [0.1, 0.15) is 46.5 Å². The molecule has 1 atom stereocenters. The lowest BCUT2D eigenvalue weighted by Gasteiger charge is -2.25. The number of nitrogens with one attached hydrogen (secondary N) is 1. The predicted molar refractivity (Wildman–Crippen MR) is 64.7 cm³/mol. The summed E-state index contributed by atoms with van der Waals surface area (Å²) < 4.78 is 5.42. The van der Waals surface area contributed by atoms with Gasteiger partial charge in [0.25, 0.3) is 0 Å². The van der Waals surface area contributed by atoms with Crippen LogP contribution in [0.4, 0.5) is 0 Å². The van der Waals surface area contributed by atoms with Gasteiger partial charge in [0.15, 0.2) is 0 Å². The van der Waals surface area contributed by atoms with Gasteiger partial charge < -0.3 is 15.2 Å². The molecule has 0 aromatic rings. The summed E-state index contributed by atoms with van der Waals surface area (Å²) in [6, 6.07) is 0. The number of aliphatic carboxylic acids is 1. The summed E-state index contributed by atoms with van der Waals surface area (Å²) in [4.78, 5) is 11.0. The van der Waals surface area contributed by atoms with Crippen LogP contribution in [-0.2, 0) is 9.53 Å². The summed E-state index contributed by atoms with van der Waals surface area (Å²) >= 11 is 0. The van der Waals surface area contributed by atoms with Crippen LogP contribution in [0.25, 0.3) is 0 Å². The van der Waals surface area contributed by atoms with Crippen molar-refractivity contribution in [2.45, 2.75) is 52.0 Å². The Labute approximate surface area is 98.4 Å². The van der Waals surface area contributed by atoms with Crippen molar-refractivity contribution in [1.82, 2.24) is 5.32 Å². The first kappa shape index (κ1) is 15.4. The minimum Gasteiger partial charge on any atom is -0.480 e. The number of carboxylic acid groups (broad SMARTS) is 1. The molecule has 0 bridgehead atoms. The highest BCUT2D eigenvalue weighted by atomic mass is 16.5. The lowest BCUT2D eigenvalue weighted by Crippen LogP contribution is -2.53. The van der Waals surface area contributed by atoms with Gasteiger partial charge in [0.05, 0.1) is 6.61 Å². The molecule has 96 valence electrons. The zero-order chi connectivity index (χ0) is 12.4. The molecule has 2 N–H and O–H groups in total. The highest BCUT2D eigenvalue weighted by Gasteiger charge is 2.32. The van der Waals surface area contributed by atoms with Gasteiger partial charge in [-0.05, 0) is 19.9 Å². The van der Waals surface area contributed by atoms with E-state index >= 15 is 0 Å². The van der Waals surface area contributed by atoms with Crippen LogP contribution < -0.4 is 5.32 Å². The maximum atomic E-state index is 11.0. The van der Waals surface area contributed by atoms with Crippen LogP contribution in [0.3, 0.4) is 0 Å². The molecule has 0 amide bonds. The summed E-state index contributed by atoms with van der Waals surface area (Å²) in [6.45, 7) is 7.21. The Balaban J connectivity index is 3.73. The van der Waals surface area contributed by atoms with Gasteiger partial charge in [0.2, 0.25) is 0 Å². The monoisotopic (exact) mass is 231 g/mol. The lowest BCUT2D eigenvalue weighted by molar-refractivity contribution is -0.146. The molecule has 0 radical (unpaired) electrons. The van der Waals surface area contributed by atoms with Crippen molar-refractivity contribution < 1.29 is 14.6 Å². The van der Waals surface area contributed by atoms with Gasteiger partial charge >= 0.3 is 5.97 Å². The molecule has 16 heavy (non-hydrogen) atoms. The molecule has 0 heterocycles. The van der Waals surface area contributed by atoms with Gasteiger partial charge in [-0.25, -0.2) is 0 Å². The third-order valence-corrected chi connectivity index (χ3v) is 2.57. The first-order valence-corrected chi connectivity index (χ1v) is 6.13. The molecule has 0 rings (SSSR count). The van der Waals surface area contributed by atoms with E-state index in [0.29, 0.717) is 13.2 Å². The molecule has 0 aromatic heterocycles. The van der Waals surface area contributed by atoms with Gasteiger partial charge in [-0.15, -0.1) is 0 Å². The Morgan fingerprint density at radius 2 is 2.00 bits per heavy atom. The Morgan fingerprint density at radius 1 is 1.31 bits per heavy atom. The number of unbranched alkanes of at least 4 members (excludes halogenated alkanes) is 3. The number of carbonyl (C=O) groups is 1. The molecule has 0 aliphatic heterocycles. The van der Waals surface area contributed by atoms with Crippen molar-refractivity contribution in [1.29, 1.82) is 0 Å². The molecule has 0 spiro atoms. The SMILES string of the molecule is CCCCCCOCC(C)(NCC)C(=O)O. The molecular weight excluding hydrogens is 206 g/mol. The van der Waals surface area contributed by atoms with Crippen molar-refractivity contribution in [3.05, 3.63) is 0 Å². The van der Waals surface area contributed by atoms with Gasteiger partial charge in [-0.1, -0.05) is 33.1 Å². The van der Waals surface area contributed by atoms with Crippen molar-refractivity contribution in [3.8, 4) is 0 Å². The molecule has 1 unspecified atom stereocenters. The van der Waals surface area contributed by atoms with E-state index in [9.17, 15) is 4.79 Å². The molecule has 0 saturated heterocycles. The molecule has 0 saturated carbocycles. The molecular formula is C12H25NO3. The van der Waals surface area contributed by atoms with E-state index in [2.05, 4.69) is 12.2 Å². The van der Waals surface area contributed by atoms with Crippen LogP contribution in [0.15, 0.2) is 0 Å². The number of likely N-dealkylation sites (N-methyl/N-ethyl adjacent to an activating group) is 1. The first-order chi connectivity index (χ1) is 7.56. The summed E-state index contributed by atoms with van der Waals surface area (Å²) in [7, 11) is 0. The second-order valence-electron chi connectivity index (χ2n) is 4.28. The molecule has 0 aliphatic carbocycles. The molecule has 0 aliphatic rings. The second-order valence-corrected chi connectivity index (χ2v) is 4.28. The van der Waals surface area contributed by atoms with E-state index in [1.807, 2.05) is 6.92 Å². The normalized spacial score (nSPS) is 14.7. The average Bonchev–Trinajstić information content (AvgIpc) is 2.23. The largest absolute Gasteiger partial charge is 0.480 e. The van der Waals surface area contributed by atoms with Gasteiger partial charge in [-0.2, -0.15) is 0 Å². The average molecular weight is 231 g/mol. The number of hydrogen-bond donors (Lipinski definition) is 2. The highest BCUT2D eigenvalue weighted by Crippen LogP contribution is 2.06. The summed E-state index contributed by atoms with van der Waals surface area (Å²) in [5.41, 5.74) is -0.959.